The molecule has 0 amide bonds. The summed E-state index contributed by atoms with van der Waals surface area (Å²) in [6, 6.07) is 4.12. The van der Waals surface area contributed by atoms with Crippen LogP contribution in [0.4, 0.5) is 0 Å². The van der Waals surface area contributed by atoms with E-state index in [1.54, 1.807) is 23.7 Å². The van der Waals surface area contributed by atoms with Crippen LogP contribution in [0.15, 0.2) is 24.5 Å². The number of hydrogen-bond donors (Lipinski definition) is 1. The summed E-state index contributed by atoms with van der Waals surface area (Å²) in [5, 5.41) is 10.4. The Labute approximate surface area is 105 Å². The summed E-state index contributed by atoms with van der Waals surface area (Å²) in [5.41, 5.74) is 3.46. The second kappa shape index (κ2) is 4.24. The number of aliphatic hydroxyl groups is 1. The maximum Gasteiger partial charge on any atom is 0.115 e. The predicted molar refractivity (Wildman–Crippen MR) is 69.4 cm³/mol. The van der Waals surface area contributed by atoms with Crippen molar-refractivity contribution in [2.24, 2.45) is 0 Å². The molecule has 17 heavy (non-hydrogen) atoms. The molecule has 2 aromatic heterocycles. The van der Waals surface area contributed by atoms with Gasteiger partial charge in [-0.05, 0) is 49.4 Å². The van der Waals surface area contributed by atoms with Crippen LogP contribution in [0.25, 0.3) is 0 Å². The third-order valence-electron chi connectivity index (χ3n) is 3.41. The molecule has 0 saturated carbocycles. The van der Waals surface area contributed by atoms with Crippen LogP contribution in [0, 0.1) is 6.92 Å². The average molecular weight is 245 g/mol. The maximum absolute atomic E-state index is 10.4. The lowest BCUT2D eigenvalue weighted by Crippen LogP contribution is -2.00. The smallest absolute Gasteiger partial charge is 0.115 e. The summed E-state index contributed by atoms with van der Waals surface area (Å²) in [6.45, 7) is 2.02. The average Bonchev–Trinajstić information content (AvgIpc) is 2.88. The van der Waals surface area contributed by atoms with Gasteiger partial charge in [0, 0.05) is 27.7 Å². The van der Waals surface area contributed by atoms with E-state index < -0.39 is 6.10 Å². The normalized spacial score (nSPS) is 15.9. The molecular formula is C14H15NOS. The van der Waals surface area contributed by atoms with E-state index in [2.05, 4.69) is 11.1 Å². The minimum absolute atomic E-state index is 0.515. The molecule has 2 heterocycles. The van der Waals surface area contributed by atoms with Crippen molar-refractivity contribution in [2.45, 2.75) is 32.3 Å². The van der Waals surface area contributed by atoms with E-state index in [4.69, 9.17) is 0 Å². The maximum atomic E-state index is 10.4. The molecule has 0 radical (unpaired) electrons. The van der Waals surface area contributed by atoms with Crippen molar-refractivity contribution in [3.05, 3.63) is 51.0 Å². The van der Waals surface area contributed by atoms with Gasteiger partial charge >= 0.3 is 0 Å². The molecule has 88 valence electrons. The minimum atomic E-state index is -0.515. The molecule has 3 heteroatoms. The van der Waals surface area contributed by atoms with E-state index in [0.29, 0.717) is 0 Å². The first-order valence-corrected chi connectivity index (χ1v) is 6.77. The Balaban J connectivity index is 1.96. The summed E-state index contributed by atoms with van der Waals surface area (Å²) >= 11 is 1.76. The summed E-state index contributed by atoms with van der Waals surface area (Å²) in [6.07, 6.45) is 6.64. The lowest BCUT2D eigenvalue weighted by Gasteiger charge is -2.11. The van der Waals surface area contributed by atoms with Crippen LogP contribution in [0.1, 0.15) is 39.0 Å². The Morgan fingerprint density at radius 1 is 1.41 bits per heavy atom. The molecule has 1 N–H and O–H groups in total. The minimum Gasteiger partial charge on any atom is -0.383 e. The molecule has 0 aromatic carbocycles. The van der Waals surface area contributed by atoms with Crippen molar-refractivity contribution >= 4 is 11.3 Å². The van der Waals surface area contributed by atoms with Crippen LogP contribution in [0.5, 0.6) is 0 Å². The molecule has 1 unspecified atom stereocenters. The zero-order valence-corrected chi connectivity index (χ0v) is 10.6. The highest BCUT2D eigenvalue weighted by Gasteiger charge is 2.20. The zero-order valence-electron chi connectivity index (χ0n) is 9.81. The molecule has 0 bridgehead atoms. The van der Waals surface area contributed by atoms with Crippen molar-refractivity contribution in [2.75, 3.05) is 0 Å². The van der Waals surface area contributed by atoms with Crippen molar-refractivity contribution in [3.8, 4) is 0 Å². The highest BCUT2D eigenvalue weighted by atomic mass is 32.1. The first kappa shape index (κ1) is 10.9. The monoisotopic (exact) mass is 245 g/mol. The van der Waals surface area contributed by atoms with Gasteiger partial charge in [-0.3, -0.25) is 4.98 Å². The number of aryl methyl sites for hydroxylation is 3. The van der Waals surface area contributed by atoms with Gasteiger partial charge in [-0.15, -0.1) is 11.3 Å². The van der Waals surface area contributed by atoms with Crippen LogP contribution in [0.3, 0.4) is 0 Å². The van der Waals surface area contributed by atoms with E-state index in [1.165, 1.54) is 29.7 Å². The molecule has 0 fully saturated rings. The van der Waals surface area contributed by atoms with Gasteiger partial charge < -0.3 is 5.11 Å². The van der Waals surface area contributed by atoms with Gasteiger partial charge in [-0.2, -0.15) is 0 Å². The molecule has 3 rings (SSSR count). The standard InChI is InChI=1S/C14H15NOS/c1-9-5-6-15-8-11(9)14(16)13-7-10-3-2-4-12(10)17-13/h5-8,14,16H,2-4H2,1H3. The number of pyridine rings is 1. The summed E-state index contributed by atoms with van der Waals surface area (Å²) in [5.74, 6) is 0. The van der Waals surface area contributed by atoms with Gasteiger partial charge in [0.25, 0.3) is 0 Å². The number of hydrogen-bond acceptors (Lipinski definition) is 3. The summed E-state index contributed by atoms with van der Waals surface area (Å²) in [4.78, 5) is 6.62. The second-order valence-electron chi connectivity index (χ2n) is 4.59. The molecule has 2 aromatic rings. The first-order chi connectivity index (χ1) is 8.25. The number of aromatic nitrogens is 1. The Morgan fingerprint density at radius 3 is 3.06 bits per heavy atom. The molecule has 1 aliphatic carbocycles. The van der Waals surface area contributed by atoms with Gasteiger partial charge in [0.2, 0.25) is 0 Å². The molecule has 0 saturated heterocycles. The SMILES string of the molecule is Cc1ccncc1C(O)c1cc2c(s1)CCC2. The molecular weight excluding hydrogens is 230 g/mol. The van der Waals surface area contributed by atoms with E-state index in [-0.39, 0.29) is 0 Å². The fourth-order valence-corrected chi connectivity index (χ4v) is 3.67. The van der Waals surface area contributed by atoms with Gasteiger partial charge in [-0.25, -0.2) is 0 Å². The van der Waals surface area contributed by atoms with Gasteiger partial charge in [0.1, 0.15) is 6.10 Å². The molecule has 1 atom stereocenters. The van der Waals surface area contributed by atoms with Gasteiger partial charge in [0.05, 0.1) is 0 Å². The van der Waals surface area contributed by atoms with Crippen molar-refractivity contribution < 1.29 is 5.11 Å². The number of nitrogens with zero attached hydrogens (tertiary/aromatic N) is 1. The predicted octanol–water partition coefficient (Wildman–Crippen LogP) is 3.02. The van der Waals surface area contributed by atoms with Crippen LogP contribution in [-0.4, -0.2) is 10.1 Å². The second-order valence-corrected chi connectivity index (χ2v) is 5.75. The van der Waals surface area contributed by atoms with E-state index in [9.17, 15) is 5.11 Å². The van der Waals surface area contributed by atoms with Crippen LogP contribution in [0.2, 0.25) is 0 Å². The molecule has 2 nitrogen and oxygen atoms in total. The number of thiophene rings is 1. The van der Waals surface area contributed by atoms with Gasteiger partial charge in [-0.1, -0.05) is 0 Å². The largest absolute Gasteiger partial charge is 0.383 e. The Hall–Kier alpha value is -1.19. The van der Waals surface area contributed by atoms with E-state index in [0.717, 1.165) is 16.0 Å². The lowest BCUT2D eigenvalue weighted by molar-refractivity contribution is 0.223. The van der Waals surface area contributed by atoms with Crippen LogP contribution >= 0.6 is 11.3 Å². The summed E-state index contributed by atoms with van der Waals surface area (Å²) in [7, 11) is 0. The molecule has 1 aliphatic rings. The fraction of sp³-hybridized carbons (Fsp3) is 0.357. The lowest BCUT2D eigenvalue weighted by atomic mass is 10.0. The third kappa shape index (κ3) is 1.90. The van der Waals surface area contributed by atoms with Crippen molar-refractivity contribution in [1.29, 1.82) is 0 Å². The highest BCUT2D eigenvalue weighted by Crippen LogP contribution is 2.36. The van der Waals surface area contributed by atoms with E-state index in [1.807, 2.05) is 13.0 Å². The number of fused-ring (bicyclic) bond motifs is 1. The first-order valence-electron chi connectivity index (χ1n) is 5.96. The zero-order chi connectivity index (χ0) is 11.8. The Bertz CT molecular complexity index is 525. The van der Waals surface area contributed by atoms with Crippen LogP contribution < -0.4 is 0 Å². The highest BCUT2D eigenvalue weighted by molar-refractivity contribution is 7.12. The van der Waals surface area contributed by atoms with E-state index >= 15 is 0 Å². The van der Waals surface area contributed by atoms with Crippen molar-refractivity contribution in [3.63, 3.8) is 0 Å². The van der Waals surface area contributed by atoms with Crippen LogP contribution in [-0.2, 0) is 12.8 Å². The van der Waals surface area contributed by atoms with Gasteiger partial charge in [0.15, 0.2) is 0 Å². The topological polar surface area (TPSA) is 33.1 Å². The number of rotatable bonds is 2. The Kier molecular flexibility index (Phi) is 2.73. The fourth-order valence-electron chi connectivity index (χ4n) is 2.40. The molecule has 0 spiro atoms. The Morgan fingerprint density at radius 2 is 2.29 bits per heavy atom. The number of aliphatic hydroxyl groups excluding tert-OH is 1. The summed E-state index contributed by atoms with van der Waals surface area (Å²) < 4.78 is 0. The third-order valence-corrected chi connectivity index (χ3v) is 4.70. The molecule has 0 aliphatic heterocycles. The quantitative estimate of drug-likeness (QED) is 0.882. The van der Waals surface area contributed by atoms with Crippen molar-refractivity contribution in [1.82, 2.24) is 4.98 Å².